The lowest BCUT2D eigenvalue weighted by molar-refractivity contribution is -0.384. The van der Waals surface area contributed by atoms with Crippen LogP contribution in [0.4, 0.5) is 17.3 Å². The summed E-state index contributed by atoms with van der Waals surface area (Å²) in [5.74, 6) is -0.241. The first-order valence-corrected chi connectivity index (χ1v) is 6.45. The molecule has 1 saturated carbocycles. The van der Waals surface area contributed by atoms with E-state index in [0.29, 0.717) is 0 Å². The number of nitrogens with zero attached hydrogens (tertiary/aromatic N) is 3. The summed E-state index contributed by atoms with van der Waals surface area (Å²) in [6.07, 6.45) is 3.77. The second-order valence-electron chi connectivity index (χ2n) is 4.87. The summed E-state index contributed by atoms with van der Waals surface area (Å²) in [5, 5.41) is 11.1. The molecule has 1 aromatic heterocycles. The number of nitrogens with two attached hydrogens (primary N) is 2. The van der Waals surface area contributed by atoms with E-state index in [1.54, 1.807) is 4.90 Å². The number of rotatable bonds is 5. The molecular formula is C12H17N5O3. The first-order chi connectivity index (χ1) is 9.49. The van der Waals surface area contributed by atoms with E-state index >= 15 is 0 Å². The predicted molar refractivity (Wildman–Crippen MR) is 74.1 cm³/mol. The van der Waals surface area contributed by atoms with E-state index in [0.717, 1.165) is 25.7 Å². The van der Waals surface area contributed by atoms with Gasteiger partial charge in [0, 0.05) is 12.1 Å². The van der Waals surface area contributed by atoms with E-state index in [2.05, 4.69) is 4.98 Å². The van der Waals surface area contributed by atoms with Crippen LogP contribution in [0, 0.1) is 10.1 Å². The first kappa shape index (κ1) is 14.0. The van der Waals surface area contributed by atoms with Gasteiger partial charge < -0.3 is 16.4 Å². The van der Waals surface area contributed by atoms with Crippen molar-refractivity contribution in [1.82, 2.24) is 4.98 Å². The third kappa shape index (κ3) is 2.95. The van der Waals surface area contributed by atoms with Crippen LogP contribution in [0.1, 0.15) is 25.7 Å². The third-order valence-corrected chi connectivity index (χ3v) is 3.44. The molecule has 1 amide bonds. The van der Waals surface area contributed by atoms with E-state index < -0.39 is 10.8 Å². The molecule has 0 unspecified atom stereocenters. The molecule has 0 aliphatic heterocycles. The zero-order valence-electron chi connectivity index (χ0n) is 11.0. The maximum Gasteiger partial charge on any atom is 0.311 e. The van der Waals surface area contributed by atoms with E-state index in [-0.39, 0.29) is 29.9 Å². The van der Waals surface area contributed by atoms with Crippen molar-refractivity contribution in [2.45, 2.75) is 31.7 Å². The van der Waals surface area contributed by atoms with Crippen molar-refractivity contribution in [2.24, 2.45) is 5.73 Å². The second kappa shape index (κ2) is 5.72. The maximum absolute atomic E-state index is 11.3. The van der Waals surface area contributed by atoms with Crippen LogP contribution >= 0.6 is 0 Å². The highest BCUT2D eigenvalue weighted by Crippen LogP contribution is 2.33. The molecule has 108 valence electrons. The maximum atomic E-state index is 11.3. The van der Waals surface area contributed by atoms with E-state index in [4.69, 9.17) is 11.5 Å². The van der Waals surface area contributed by atoms with Crippen molar-refractivity contribution in [3.8, 4) is 0 Å². The summed E-state index contributed by atoms with van der Waals surface area (Å²) < 4.78 is 0. The number of primary amides is 1. The predicted octanol–water partition coefficient (Wildman–Crippen LogP) is 0.806. The number of nitro groups is 1. The minimum absolute atomic E-state index is 0.0375. The van der Waals surface area contributed by atoms with Gasteiger partial charge in [-0.05, 0) is 18.9 Å². The molecule has 1 aromatic rings. The van der Waals surface area contributed by atoms with Gasteiger partial charge in [0.2, 0.25) is 11.7 Å². The van der Waals surface area contributed by atoms with Crippen molar-refractivity contribution in [1.29, 1.82) is 0 Å². The Morgan fingerprint density at radius 1 is 1.45 bits per heavy atom. The van der Waals surface area contributed by atoms with Gasteiger partial charge in [-0.25, -0.2) is 4.98 Å². The van der Waals surface area contributed by atoms with Crippen LogP contribution in [0.25, 0.3) is 0 Å². The lowest BCUT2D eigenvalue weighted by Gasteiger charge is -2.28. The molecule has 0 spiro atoms. The van der Waals surface area contributed by atoms with Gasteiger partial charge in [0.15, 0.2) is 0 Å². The van der Waals surface area contributed by atoms with Gasteiger partial charge in [0.1, 0.15) is 5.82 Å². The summed E-state index contributed by atoms with van der Waals surface area (Å²) in [5.41, 5.74) is 10.7. The van der Waals surface area contributed by atoms with Gasteiger partial charge in [-0.3, -0.25) is 14.9 Å². The molecule has 0 saturated heterocycles. The summed E-state index contributed by atoms with van der Waals surface area (Å²) in [7, 11) is 0. The number of carbonyl (C=O) groups is 1. The molecule has 20 heavy (non-hydrogen) atoms. The Labute approximate surface area is 115 Å². The van der Waals surface area contributed by atoms with Gasteiger partial charge in [-0.15, -0.1) is 0 Å². The van der Waals surface area contributed by atoms with Crippen molar-refractivity contribution >= 4 is 23.2 Å². The van der Waals surface area contributed by atoms with E-state index in [1.807, 2.05) is 0 Å². The SMILES string of the molecule is NC(=O)CN(c1nc(N)ccc1[N+](=O)[O-])C1CCCC1. The highest BCUT2D eigenvalue weighted by Gasteiger charge is 2.30. The summed E-state index contributed by atoms with van der Waals surface area (Å²) in [6, 6.07) is 2.72. The van der Waals surface area contributed by atoms with Gasteiger partial charge >= 0.3 is 5.69 Å². The van der Waals surface area contributed by atoms with Gasteiger partial charge in [-0.2, -0.15) is 0 Å². The van der Waals surface area contributed by atoms with Crippen molar-refractivity contribution in [2.75, 3.05) is 17.2 Å². The smallest absolute Gasteiger partial charge is 0.311 e. The minimum atomic E-state index is -0.546. The topological polar surface area (TPSA) is 128 Å². The quantitative estimate of drug-likeness (QED) is 0.606. The van der Waals surface area contributed by atoms with Gasteiger partial charge in [0.25, 0.3) is 0 Å². The zero-order valence-corrected chi connectivity index (χ0v) is 11.0. The number of anilines is 2. The Hall–Kier alpha value is -2.38. The Kier molecular flexibility index (Phi) is 4.02. The van der Waals surface area contributed by atoms with Crippen LogP contribution < -0.4 is 16.4 Å². The lowest BCUT2D eigenvalue weighted by Crippen LogP contribution is -2.41. The van der Waals surface area contributed by atoms with Crippen LogP contribution in [0.2, 0.25) is 0 Å². The largest absolute Gasteiger partial charge is 0.384 e. The molecule has 2 rings (SSSR count). The fourth-order valence-corrected chi connectivity index (χ4v) is 2.57. The number of amides is 1. The van der Waals surface area contributed by atoms with Crippen LogP contribution in [-0.2, 0) is 4.79 Å². The Morgan fingerprint density at radius 3 is 2.65 bits per heavy atom. The number of carbonyl (C=O) groups excluding carboxylic acids is 1. The molecule has 1 aliphatic carbocycles. The van der Waals surface area contributed by atoms with E-state index in [9.17, 15) is 14.9 Å². The number of hydrogen-bond acceptors (Lipinski definition) is 6. The molecule has 0 radical (unpaired) electrons. The molecular weight excluding hydrogens is 262 g/mol. The fourth-order valence-electron chi connectivity index (χ4n) is 2.57. The van der Waals surface area contributed by atoms with Gasteiger partial charge in [0.05, 0.1) is 11.5 Å². The van der Waals surface area contributed by atoms with Gasteiger partial charge in [-0.1, -0.05) is 12.8 Å². The molecule has 8 nitrogen and oxygen atoms in total. The second-order valence-corrected chi connectivity index (χ2v) is 4.87. The molecule has 4 N–H and O–H groups in total. The molecule has 0 bridgehead atoms. The Balaban J connectivity index is 2.43. The van der Waals surface area contributed by atoms with Crippen LogP contribution in [0.15, 0.2) is 12.1 Å². The number of hydrogen-bond donors (Lipinski definition) is 2. The van der Waals surface area contributed by atoms with E-state index in [1.165, 1.54) is 12.1 Å². The Morgan fingerprint density at radius 2 is 2.10 bits per heavy atom. The number of aromatic nitrogens is 1. The van der Waals surface area contributed by atoms with Crippen LogP contribution in [0.5, 0.6) is 0 Å². The summed E-state index contributed by atoms with van der Waals surface area (Å²) >= 11 is 0. The molecule has 1 aliphatic rings. The number of pyridine rings is 1. The number of nitrogen functional groups attached to an aromatic ring is 1. The lowest BCUT2D eigenvalue weighted by atomic mass is 10.2. The normalized spacial score (nSPS) is 15.2. The molecule has 1 heterocycles. The van der Waals surface area contributed by atoms with Crippen LogP contribution in [0.3, 0.4) is 0 Å². The van der Waals surface area contributed by atoms with Crippen molar-refractivity contribution in [3.63, 3.8) is 0 Å². The fraction of sp³-hybridized carbons (Fsp3) is 0.500. The van der Waals surface area contributed by atoms with Crippen LogP contribution in [-0.4, -0.2) is 28.4 Å². The Bertz CT molecular complexity index is 528. The highest BCUT2D eigenvalue weighted by molar-refractivity contribution is 5.80. The molecule has 0 aromatic carbocycles. The first-order valence-electron chi connectivity index (χ1n) is 6.45. The standard InChI is InChI=1S/C12H17N5O3/c13-10-6-5-9(17(19)20)12(15-10)16(7-11(14)18)8-3-1-2-4-8/h5-6,8H,1-4,7H2,(H2,13,15)(H2,14,18). The molecule has 8 heteroatoms. The monoisotopic (exact) mass is 279 g/mol. The average molecular weight is 279 g/mol. The summed E-state index contributed by atoms with van der Waals surface area (Å²) in [6.45, 7) is -0.0953. The summed E-state index contributed by atoms with van der Waals surface area (Å²) in [4.78, 5) is 27.5. The van der Waals surface area contributed by atoms with Crippen molar-refractivity contribution in [3.05, 3.63) is 22.2 Å². The van der Waals surface area contributed by atoms with Crippen molar-refractivity contribution < 1.29 is 9.72 Å². The average Bonchev–Trinajstić information content (AvgIpc) is 2.88. The highest BCUT2D eigenvalue weighted by atomic mass is 16.6. The molecule has 0 atom stereocenters. The third-order valence-electron chi connectivity index (χ3n) is 3.44. The minimum Gasteiger partial charge on any atom is -0.384 e. The molecule has 1 fully saturated rings. The zero-order chi connectivity index (χ0) is 14.7.